The molecular formula is C14H25N3. The van der Waals surface area contributed by atoms with Gasteiger partial charge in [0.1, 0.15) is 0 Å². The zero-order chi connectivity index (χ0) is 13.0. The molecule has 0 saturated carbocycles. The summed E-state index contributed by atoms with van der Waals surface area (Å²) < 4.78 is 1.97. The minimum Gasteiger partial charge on any atom is -0.317 e. The molecule has 0 aliphatic heterocycles. The van der Waals surface area contributed by atoms with Crippen molar-refractivity contribution >= 4 is 0 Å². The van der Waals surface area contributed by atoms with Crippen LogP contribution < -0.4 is 5.32 Å². The van der Waals surface area contributed by atoms with Crippen LogP contribution in [0, 0.1) is 13.8 Å². The van der Waals surface area contributed by atoms with Gasteiger partial charge in [-0.15, -0.1) is 6.58 Å². The van der Waals surface area contributed by atoms with Crippen LogP contribution in [0.4, 0.5) is 0 Å². The number of hydrogen-bond donors (Lipinski definition) is 1. The number of nitrogens with one attached hydrogen (secondary N) is 1. The van der Waals surface area contributed by atoms with E-state index in [9.17, 15) is 0 Å². The second-order valence-corrected chi connectivity index (χ2v) is 4.96. The third-order valence-electron chi connectivity index (χ3n) is 3.40. The molecule has 1 N–H and O–H groups in total. The molecule has 0 aliphatic rings. The predicted molar refractivity (Wildman–Crippen MR) is 73.3 cm³/mol. The lowest BCUT2D eigenvalue weighted by Gasteiger charge is -2.16. The predicted octanol–water partition coefficient (Wildman–Crippen LogP) is 2.52. The second-order valence-electron chi connectivity index (χ2n) is 4.96. The van der Waals surface area contributed by atoms with Gasteiger partial charge in [-0.05, 0) is 52.6 Å². The molecule has 17 heavy (non-hydrogen) atoms. The van der Waals surface area contributed by atoms with E-state index >= 15 is 0 Å². The van der Waals surface area contributed by atoms with Gasteiger partial charge in [-0.25, -0.2) is 0 Å². The highest BCUT2D eigenvalue weighted by molar-refractivity contribution is 5.24. The summed E-state index contributed by atoms with van der Waals surface area (Å²) in [4.78, 5) is 0. The lowest BCUT2D eigenvalue weighted by atomic mass is 9.99. The van der Waals surface area contributed by atoms with Gasteiger partial charge in [0.2, 0.25) is 0 Å². The highest BCUT2D eigenvalue weighted by atomic mass is 15.3. The molecule has 0 fully saturated rings. The molecule has 1 aromatic heterocycles. The van der Waals surface area contributed by atoms with Gasteiger partial charge in [0, 0.05) is 18.8 Å². The lowest BCUT2D eigenvalue weighted by Crippen LogP contribution is -2.26. The maximum Gasteiger partial charge on any atom is 0.0628 e. The van der Waals surface area contributed by atoms with Crippen LogP contribution in [0.3, 0.4) is 0 Å². The van der Waals surface area contributed by atoms with Crippen LogP contribution in [0.2, 0.25) is 0 Å². The van der Waals surface area contributed by atoms with E-state index in [1.54, 1.807) is 0 Å². The zero-order valence-corrected chi connectivity index (χ0v) is 11.8. The first-order chi connectivity index (χ1) is 7.95. The molecule has 1 heterocycles. The normalized spacial score (nSPS) is 12.8. The maximum atomic E-state index is 4.45. The summed E-state index contributed by atoms with van der Waals surface area (Å²) in [6, 6.07) is 0.520. The fourth-order valence-electron chi connectivity index (χ4n) is 2.27. The molecule has 1 rings (SSSR count). The molecule has 96 valence electrons. The average molecular weight is 235 g/mol. The standard InChI is InChI=1S/C14H25N3/c1-10(2)9-13(15-5)7-8-14-11(3)16-17(6)12(14)4/h13,15H,1,7-9H2,2-6H3. The Morgan fingerprint density at radius 2 is 2.12 bits per heavy atom. The minimum absolute atomic E-state index is 0.520. The van der Waals surface area contributed by atoms with Crippen molar-refractivity contribution < 1.29 is 0 Å². The van der Waals surface area contributed by atoms with Crippen molar-refractivity contribution in [3.8, 4) is 0 Å². The Hall–Kier alpha value is -1.09. The topological polar surface area (TPSA) is 29.9 Å². The van der Waals surface area contributed by atoms with Crippen molar-refractivity contribution in [2.45, 2.75) is 46.1 Å². The molecule has 0 amide bonds. The molecule has 0 radical (unpaired) electrons. The first-order valence-corrected chi connectivity index (χ1v) is 6.26. The Morgan fingerprint density at radius 3 is 2.53 bits per heavy atom. The zero-order valence-electron chi connectivity index (χ0n) is 11.8. The number of aromatic nitrogens is 2. The van der Waals surface area contributed by atoms with Crippen molar-refractivity contribution in [3.05, 3.63) is 29.1 Å². The third kappa shape index (κ3) is 3.70. The van der Waals surface area contributed by atoms with E-state index in [1.165, 1.54) is 16.8 Å². The van der Waals surface area contributed by atoms with E-state index in [0.717, 1.165) is 25.0 Å². The first-order valence-electron chi connectivity index (χ1n) is 6.26. The Balaban J connectivity index is 2.62. The van der Waals surface area contributed by atoms with Crippen LogP contribution in [0.25, 0.3) is 0 Å². The van der Waals surface area contributed by atoms with Gasteiger partial charge in [-0.1, -0.05) is 5.57 Å². The lowest BCUT2D eigenvalue weighted by molar-refractivity contribution is 0.518. The van der Waals surface area contributed by atoms with Gasteiger partial charge in [-0.3, -0.25) is 4.68 Å². The van der Waals surface area contributed by atoms with E-state index in [-0.39, 0.29) is 0 Å². The van der Waals surface area contributed by atoms with E-state index in [2.05, 4.69) is 37.8 Å². The summed E-state index contributed by atoms with van der Waals surface area (Å²) in [7, 11) is 4.03. The third-order valence-corrected chi connectivity index (χ3v) is 3.40. The molecule has 1 unspecified atom stereocenters. The fourth-order valence-corrected chi connectivity index (χ4v) is 2.27. The Kier molecular flexibility index (Phi) is 4.94. The first kappa shape index (κ1) is 14.0. The Bertz CT molecular complexity index is 390. The van der Waals surface area contributed by atoms with Crippen molar-refractivity contribution in [3.63, 3.8) is 0 Å². The minimum atomic E-state index is 0.520. The summed E-state index contributed by atoms with van der Waals surface area (Å²) in [6.07, 6.45) is 3.27. The number of hydrogen-bond acceptors (Lipinski definition) is 2. The van der Waals surface area contributed by atoms with Crippen LogP contribution in [0.1, 0.15) is 36.7 Å². The van der Waals surface area contributed by atoms with E-state index in [4.69, 9.17) is 0 Å². The van der Waals surface area contributed by atoms with Gasteiger partial charge in [0.15, 0.2) is 0 Å². The summed E-state index contributed by atoms with van der Waals surface area (Å²) in [5.41, 5.74) is 5.08. The van der Waals surface area contributed by atoms with Crippen molar-refractivity contribution in [2.75, 3.05) is 7.05 Å². The van der Waals surface area contributed by atoms with Crippen molar-refractivity contribution in [1.82, 2.24) is 15.1 Å². The highest BCUT2D eigenvalue weighted by Crippen LogP contribution is 2.16. The number of aryl methyl sites for hydroxylation is 2. The fraction of sp³-hybridized carbons (Fsp3) is 0.643. The van der Waals surface area contributed by atoms with E-state index in [0.29, 0.717) is 6.04 Å². The van der Waals surface area contributed by atoms with Gasteiger partial charge in [-0.2, -0.15) is 5.10 Å². The molecule has 1 atom stereocenters. The second kappa shape index (κ2) is 6.01. The van der Waals surface area contributed by atoms with E-state index in [1.807, 2.05) is 18.8 Å². The van der Waals surface area contributed by atoms with Crippen molar-refractivity contribution in [1.29, 1.82) is 0 Å². The van der Waals surface area contributed by atoms with Gasteiger partial charge in [0.05, 0.1) is 5.69 Å². The quantitative estimate of drug-likeness (QED) is 0.768. The van der Waals surface area contributed by atoms with Crippen LogP contribution in [-0.4, -0.2) is 22.9 Å². The molecule has 3 nitrogen and oxygen atoms in total. The average Bonchev–Trinajstić information content (AvgIpc) is 2.49. The van der Waals surface area contributed by atoms with Crippen LogP contribution in [0.15, 0.2) is 12.2 Å². The van der Waals surface area contributed by atoms with Crippen LogP contribution in [0.5, 0.6) is 0 Å². The number of nitrogens with zero attached hydrogens (tertiary/aromatic N) is 2. The van der Waals surface area contributed by atoms with Gasteiger partial charge < -0.3 is 5.32 Å². The van der Waals surface area contributed by atoms with Gasteiger partial charge >= 0.3 is 0 Å². The molecule has 0 aliphatic carbocycles. The monoisotopic (exact) mass is 235 g/mol. The maximum absolute atomic E-state index is 4.45. The molecular weight excluding hydrogens is 210 g/mol. The summed E-state index contributed by atoms with van der Waals surface area (Å²) in [5, 5.41) is 7.82. The largest absolute Gasteiger partial charge is 0.317 e. The number of rotatable bonds is 6. The van der Waals surface area contributed by atoms with Gasteiger partial charge in [0.25, 0.3) is 0 Å². The molecule has 0 aromatic carbocycles. The van der Waals surface area contributed by atoms with E-state index < -0.39 is 0 Å². The molecule has 1 aromatic rings. The summed E-state index contributed by atoms with van der Waals surface area (Å²) in [6.45, 7) is 10.3. The Labute approximate surface area is 105 Å². The SMILES string of the molecule is C=C(C)CC(CCc1c(C)nn(C)c1C)NC. The smallest absolute Gasteiger partial charge is 0.0628 e. The summed E-state index contributed by atoms with van der Waals surface area (Å²) >= 11 is 0. The highest BCUT2D eigenvalue weighted by Gasteiger charge is 2.12. The van der Waals surface area contributed by atoms with Crippen molar-refractivity contribution in [2.24, 2.45) is 7.05 Å². The Morgan fingerprint density at radius 1 is 1.47 bits per heavy atom. The van der Waals surface area contributed by atoms with Crippen LogP contribution in [-0.2, 0) is 13.5 Å². The molecule has 0 bridgehead atoms. The molecule has 0 saturated heterocycles. The summed E-state index contributed by atoms with van der Waals surface area (Å²) in [5.74, 6) is 0. The molecule has 0 spiro atoms. The van der Waals surface area contributed by atoms with Crippen LogP contribution >= 0.6 is 0 Å². The molecule has 3 heteroatoms.